The van der Waals surface area contributed by atoms with Gasteiger partial charge in [0.1, 0.15) is 6.04 Å². The number of hydrogen-bond donors (Lipinski definition) is 3. The quantitative estimate of drug-likeness (QED) is 0.437. The Kier molecular flexibility index (Phi) is 9.09. The van der Waals surface area contributed by atoms with E-state index in [2.05, 4.69) is 10.0 Å². The lowest BCUT2D eigenvalue weighted by Crippen LogP contribution is -2.55. The third-order valence-corrected chi connectivity index (χ3v) is 9.64. The van der Waals surface area contributed by atoms with Crippen LogP contribution in [0.3, 0.4) is 0 Å². The van der Waals surface area contributed by atoms with Crippen LogP contribution in [0, 0.1) is 6.92 Å². The van der Waals surface area contributed by atoms with Gasteiger partial charge in [0, 0.05) is 38.3 Å². The molecule has 4 rings (SSSR count). The van der Waals surface area contributed by atoms with Crippen LogP contribution in [0.1, 0.15) is 47.3 Å². The summed E-state index contributed by atoms with van der Waals surface area (Å²) in [7, 11) is -4.23. The summed E-state index contributed by atoms with van der Waals surface area (Å²) in [4.78, 5) is 41.9. The molecule has 1 atom stereocenters. The molecule has 206 valence electrons. The largest absolute Gasteiger partial charge is 0.393 e. The van der Waals surface area contributed by atoms with Crippen LogP contribution in [0.5, 0.6) is 0 Å². The first kappa shape index (κ1) is 28.5. The number of rotatable bonds is 8. The monoisotopic (exact) mass is 582 g/mol. The topological polar surface area (TPSA) is 136 Å². The van der Waals surface area contributed by atoms with Crippen molar-refractivity contribution in [1.29, 1.82) is 0 Å². The van der Waals surface area contributed by atoms with Crippen LogP contribution < -0.4 is 14.9 Å². The lowest BCUT2D eigenvalue weighted by atomic mass is 10.1. The van der Waals surface area contributed by atoms with Crippen LogP contribution in [-0.2, 0) is 19.6 Å². The molecule has 0 spiro atoms. The predicted octanol–water partition coefficient (Wildman–Crippen LogP) is 2.29. The van der Waals surface area contributed by atoms with Crippen LogP contribution in [0.2, 0.25) is 4.34 Å². The van der Waals surface area contributed by atoms with Crippen molar-refractivity contribution in [3.05, 3.63) is 45.1 Å². The highest BCUT2D eigenvalue weighted by atomic mass is 35.5. The molecule has 38 heavy (non-hydrogen) atoms. The van der Waals surface area contributed by atoms with Crippen molar-refractivity contribution >= 4 is 56.4 Å². The van der Waals surface area contributed by atoms with Crippen LogP contribution in [0.25, 0.3) is 0 Å². The number of sulfonamides is 1. The number of anilines is 1. The molecule has 1 aromatic heterocycles. The maximum absolute atomic E-state index is 13.6. The van der Waals surface area contributed by atoms with E-state index in [9.17, 15) is 27.9 Å². The van der Waals surface area contributed by atoms with E-state index in [0.717, 1.165) is 24.2 Å². The number of nitrogens with zero attached hydrogens (tertiary/aromatic N) is 2. The lowest BCUT2D eigenvalue weighted by molar-refractivity contribution is -0.134. The molecule has 3 N–H and O–H groups in total. The fourth-order valence-electron chi connectivity index (χ4n) is 4.70. The van der Waals surface area contributed by atoms with Gasteiger partial charge in [-0.3, -0.25) is 14.4 Å². The molecular weight excluding hydrogens is 552 g/mol. The van der Waals surface area contributed by atoms with Crippen molar-refractivity contribution in [2.75, 3.05) is 31.1 Å². The Balaban J connectivity index is 1.58. The number of piperidine rings is 2. The smallest absolute Gasteiger partial charge is 0.261 e. The molecule has 0 radical (unpaired) electrons. The molecule has 2 aromatic rings. The average molecular weight is 583 g/mol. The number of benzene rings is 1. The zero-order chi connectivity index (χ0) is 27.4. The Morgan fingerprint density at radius 3 is 2.55 bits per heavy atom. The number of carbonyl (C=O) groups excluding carboxylic acids is 3. The van der Waals surface area contributed by atoms with Gasteiger partial charge in [0.05, 0.1) is 20.2 Å². The van der Waals surface area contributed by atoms with Gasteiger partial charge in [0.25, 0.3) is 5.91 Å². The normalized spacial score (nSPS) is 17.9. The first-order valence-corrected chi connectivity index (χ1v) is 15.2. The molecule has 0 unspecified atom stereocenters. The summed E-state index contributed by atoms with van der Waals surface area (Å²) in [5, 5.41) is 12.5. The van der Waals surface area contributed by atoms with Gasteiger partial charge >= 0.3 is 0 Å². The van der Waals surface area contributed by atoms with E-state index >= 15 is 0 Å². The number of nitrogens with one attached hydrogen (secondary N) is 2. The number of aliphatic hydroxyl groups is 1. The zero-order valence-electron chi connectivity index (χ0n) is 21.0. The Labute approximate surface area is 231 Å². The Hall–Kier alpha value is -2.51. The molecule has 3 amide bonds. The van der Waals surface area contributed by atoms with Crippen molar-refractivity contribution in [3.8, 4) is 0 Å². The van der Waals surface area contributed by atoms with E-state index in [1.807, 2.05) is 0 Å². The zero-order valence-corrected chi connectivity index (χ0v) is 23.4. The summed E-state index contributed by atoms with van der Waals surface area (Å²) in [6, 6.07) is 6.56. The van der Waals surface area contributed by atoms with E-state index in [1.54, 1.807) is 36.1 Å². The van der Waals surface area contributed by atoms with Gasteiger partial charge in [-0.05, 0) is 62.4 Å². The minimum atomic E-state index is -4.23. The second kappa shape index (κ2) is 12.1. The molecule has 10 nitrogen and oxygen atoms in total. The molecule has 2 saturated heterocycles. The number of carbonyl (C=O) groups is 3. The maximum Gasteiger partial charge on any atom is 0.261 e. The highest BCUT2D eigenvalue weighted by molar-refractivity contribution is 7.89. The van der Waals surface area contributed by atoms with E-state index in [4.69, 9.17) is 11.6 Å². The van der Waals surface area contributed by atoms with Gasteiger partial charge in [0.15, 0.2) is 0 Å². The lowest BCUT2D eigenvalue weighted by Gasteiger charge is -2.33. The maximum atomic E-state index is 13.6. The summed E-state index contributed by atoms with van der Waals surface area (Å²) in [5.41, 5.74) is 0.924. The standard InChI is InChI=1S/C25H31ClN4O6S2/c1-16-19(30-12-3-2-7-23(30)32)5-4-6-21(16)38(35,36)28-18(25(34)29-13-10-17(31)11-14-29)15-27-24(33)20-8-9-22(26)37-20/h4-6,8-9,17-18,28,31H,2-3,7,10-15H2,1H3,(H,27,33)/t18-/m0/s1. The molecule has 0 bridgehead atoms. The highest BCUT2D eigenvalue weighted by Gasteiger charge is 2.33. The van der Waals surface area contributed by atoms with Crippen molar-refractivity contribution in [1.82, 2.24) is 14.9 Å². The number of hydrogen-bond acceptors (Lipinski definition) is 7. The molecular formula is C25H31ClN4O6S2. The van der Waals surface area contributed by atoms with E-state index in [1.165, 1.54) is 11.0 Å². The molecule has 0 saturated carbocycles. The summed E-state index contributed by atoms with van der Waals surface area (Å²) in [6.07, 6.45) is 2.29. The number of likely N-dealkylation sites (tertiary alicyclic amines) is 1. The second-order valence-electron chi connectivity index (χ2n) is 9.45. The Morgan fingerprint density at radius 1 is 1.16 bits per heavy atom. The SMILES string of the molecule is Cc1c(N2CCCCC2=O)cccc1S(=O)(=O)N[C@@H](CNC(=O)c1ccc(Cl)s1)C(=O)N1CCC(O)CC1. The number of halogens is 1. The summed E-state index contributed by atoms with van der Waals surface area (Å²) in [5.74, 6) is -1.03. The third-order valence-electron chi connectivity index (χ3n) is 6.79. The minimum absolute atomic E-state index is 0.0448. The van der Waals surface area contributed by atoms with Crippen molar-refractivity contribution in [3.63, 3.8) is 0 Å². The molecule has 2 aliphatic heterocycles. The Bertz CT molecular complexity index is 1310. The van der Waals surface area contributed by atoms with Crippen LogP contribution in [-0.4, -0.2) is 74.5 Å². The van der Waals surface area contributed by atoms with Crippen LogP contribution in [0.15, 0.2) is 35.2 Å². The van der Waals surface area contributed by atoms with Gasteiger partial charge in [-0.15, -0.1) is 11.3 Å². The average Bonchev–Trinajstić information content (AvgIpc) is 3.33. The van der Waals surface area contributed by atoms with Crippen LogP contribution in [0.4, 0.5) is 5.69 Å². The van der Waals surface area contributed by atoms with Gasteiger partial charge in [-0.1, -0.05) is 17.7 Å². The number of aliphatic hydroxyl groups excluding tert-OH is 1. The van der Waals surface area contributed by atoms with Crippen molar-refractivity contribution in [2.45, 2.75) is 56.1 Å². The summed E-state index contributed by atoms with van der Waals surface area (Å²) >= 11 is 6.99. The number of amides is 3. The third kappa shape index (κ3) is 6.55. The van der Waals surface area contributed by atoms with E-state index in [0.29, 0.717) is 46.3 Å². The highest BCUT2D eigenvalue weighted by Crippen LogP contribution is 2.29. The predicted molar refractivity (Wildman–Crippen MR) is 145 cm³/mol. The van der Waals surface area contributed by atoms with Gasteiger partial charge in [0.2, 0.25) is 21.8 Å². The molecule has 0 aliphatic carbocycles. The van der Waals surface area contributed by atoms with E-state index < -0.39 is 34.0 Å². The molecule has 3 heterocycles. The molecule has 2 aliphatic rings. The molecule has 13 heteroatoms. The summed E-state index contributed by atoms with van der Waals surface area (Å²) in [6.45, 7) is 2.42. The van der Waals surface area contributed by atoms with Gasteiger partial charge < -0.3 is 20.2 Å². The number of thiophene rings is 1. The van der Waals surface area contributed by atoms with Gasteiger partial charge in [-0.25, -0.2) is 8.42 Å². The second-order valence-corrected chi connectivity index (χ2v) is 12.8. The fraction of sp³-hybridized carbons (Fsp3) is 0.480. The summed E-state index contributed by atoms with van der Waals surface area (Å²) < 4.78 is 30.1. The van der Waals surface area contributed by atoms with Crippen molar-refractivity contribution < 1.29 is 27.9 Å². The van der Waals surface area contributed by atoms with Gasteiger partial charge in [-0.2, -0.15) is 4.72 Å². The molecule has 2 fully saturated rings. The molecule has 1 aromatic carbocycles. The van der Waals surface area contributed by atoms with E-state index in [-0.39, 0.29) is 30.4 Å². The Morgan fingerprint density at radius 2 is 1.89 bits per heavy atom. The first-order chi connectivity index (χ1) is 18.1. The van der Waals surface area contributed by atoms with Crippen molar-refractivity contribution in [2.24, 2.45) is 0 Å². The van der Waals surface area contributed by atoms with Crippen LogP contribution >= 0.6 is 22.9 Å². The minimum Gasteiger partial charge on any atom is -0.393 e. The fourth-order valence-corrected chi connectivity index (χ4v) is 7.11. The first-order valence-electron chi connectivity index (χ1n) is 12.5.